The van der Waals surface area contributed by atoms with E-state index < -0.39 is 15.4 Å². The van der Waals surface area contributed by atoms with Gasteiger partial charge in [-0.15, -0.1) is 0 Å². The van der Waals surface area contributed by atoms with Gasteiger partial charge < -0.3 is 4.74 Å². The number of carbonyl (C=O) groups excluding carboxylic acids is 1. The number of thioether (sulfide) groups is 1. The van der Waals surface area contributed by atoms with Gasteiger partial charge >= 0.3 is 0 Å². The maximum atomic E-state index is 12.8. The van der Waals surface area contributed by atoms with Gasteiger partial charge in [-0.1, -0.05) is 20.8 Å². The number of nitrogens with one attached hydrogen (secondary N) is 1. The zero-order chi connectivity index (χ0) is 18.5. The second-order valence-electron chi connectivity index (χ2n) is 8.61. The molecule has 0 aromatic carbocycles. The van der Waals surface area contributed by atoms with E-state index in [0.717, 1.165) is 19.3 Å². The van der Waals surface area contributed by atoms with Crippen LogP contribution in [-0.4, -0.2) is 50.2 Å². The average molecular weight is 390 g/mol. The predicted molar refractivity (Wildman–Crippen MR) is 101 cm³/mol. The molecule has 1 saturated heterocycles. The van der Waals surface area contributed by atoms with E-state index in [1.54, 1.807) is 7.11 Å². The molecule has 5 atom stereocenters. The lowest BCUT2D eigenvalue weighted by atomic mass is 9.70. The number of sulfonamides is 1. The molecule has 3 aliphatic rings. The second-order valence-corrected chi connectivity index (χ2v) is 12.1. The Balaban J connectivity index is 1.65. The summed E-state index contributed by atoms with van der Waals surface area (Å²) in [5, 5.41) is 0.937. The van der Waals surface area contributed by atoms with Gasteiger partial charge in [0.05, 0.1) is 11.9 Å². The molecule has 1 aliphatic heterocycles. The van der Waals surface area contributed by atoms with Gasteiger partial charge in [-0.2, -0.15) is 11.8 Å². The van der Waals surface area contributed by atoms with E-state index in [1.807, 2.05) is 11.8 Å². The van der Waals surface area contributed by atoms with E-state index in [4.69, 9.17) is 4.74 Å². The maximum absolute atomic E-state index is 12.8. The van der Waals surface area contributed by atoms with Gasteiger partial charge in [-0.05, 0) is 37.0 Å². The van der Waals surface area contributed by atoms with E-state index in [2.05, 4.69) is 25.5 Å². The van der Waals surface area contributed by atoms with Crippen molar-refractivity contribution in [1.29, 1.82) is 0 Å². The van der Waals surface area contributed by atoms with Crippen LogP contribution in [0.1, 0.15) is 52.9 Å². The molecule has 1 N–H and O–H groups in total. The zero-order valence-corrected chi connectivity index (χ0v) is 17.3. The number of fused-ring (bicyclic) bond motifs is 2. The van der Waals surface area contributed by atoms with Crippen molar-refractivity contribution in [2.24, 2.45) is 16.7 Å². The van der Waals surface area contributed by atoms with Gasteiger partial charge in [0.25, 0.3) is 0 Å². The molecule has 5 unspecified atom stereocenters. The second kappa shape index (κ2) is 6.80. The van der Waals surface area contributed by atoms with Crippen LogP contribution in [0.5, 0.6) is 0 Å². The number of ether oxygens (including phenoxy) is 1. The molecule has 0 spiro atoms. The van der Waals surface area contributed by atoms with Gasteiger partial charge in [0, 0.05) is 36.0 Å². The topological polar surface area (TPSA) is 72.5 Å². The van der Waals surface area contributed by atoms with Crippen molar-refractivity contribution in [1.82, 2.24) is 4.72 Å². The highest BCUT2D eigenvalue weighted by molar-refractivity contribution is 8.00. The van der Waals surface area contributed by atoms with Crippen molar-refractivity contribution < 1.29 is 17.9 Å². The molecule has 2 aliphatic carbocycles. The monoisotopic (exact) mass is 389 g/mol. The van der Waals surface area contributed by atoms with Crippen LogP contribution in [-0.2, 0) is 19.6 Å². The Morgan fingerprint density at radius 1 is 1.32 bits per heavy atom. The highest BCUT2D eigenvalue weighted by Crippen LogP contribution is 2.64. The van der Waals surface area contributed by atoms with Crippen LogP contribution in [0.15, 0.2) is 0 Å². The lowest BCUT2D eigenvalue weighted by Gasteiger charge is -2.36. The molecule has 2 bridgehead atoms. The van der Waals surface area contributed by atoms with Crippen LogP contribution in [0.2, 0.25) is 0 Å². The minimum atomic E-state index is -3.52. The summed E-state index contributed by atoms with van der Waals surface area (Å²) >= 11 is 1.88. The SMILES string of the molecule is COC(CNS(=O)(=O)CC12CCC(CC1=O)C2(C)C)C1CCC(C)S1. The molecule has 3 rings (SSSR count). The Bertz CT molecular complexity index is 633. The van der Waals surface area contributed by atoms with Gasteiger partial charge in [0.15, 0.2) is 0 Å². The summed E-state index contributed by atoms with van der Waals surface area (Å²) < 4.78 is 33.9. The number of hydrogen-bond donors (Lipinski definition) is 1. The number of rotatable bonds is 7. The molecular formula is C18H31NO4S2. The van der Waals surface area contributed by atoms with Crippen molar-refractivity contribution in [3.8, 4) is 0 Å². The van der Waals surface area contributed by atoms with Crippen LogP contribution in [0.25, 0.3) is 0 Å². The fraction of sp³-hybridized carbons (Fsp3) is 0.944. The lowest BCUT2D eigenvalue weighted by Crippen LogP contribution is -2.47. The quantitative estimate of drug-likeness (QED) is 0.725. The smallest absolute Gasteiger partial charge is 0.212 e. The van der Waals surface area contributed by atoms with E-state index in [0.29, 0.717) is 29.3 Å². The Hall–Kier alpha value is -0.110. The Kier molecular flexibility index (Phi) is 5.35. The third kappa shape index (κ3) is 3.42. The minimum Gasteiger partial charge on any atom is -0.379 e. The maximum Gasteiger partial charge on any atom is 0.212 e. The Labute approximate surface area is 156 Å². The van der Waals surface area contributed by atoms with Crippen molar-refractivity contribution in [2.45, 2.75) is 69.5 Å². The van der Waals surface area contributed by atoms with Gasteiger partial charge in [-0.3, -0.25) is 4.79 Å². The standard InChI is InChI=1S/C18H31NO4S2/c1-12-5-6-15(24-12)14(23-4)10-19-25(21,22)11-18-8-7-13(9-16(18)20)17(18,2)3/h12-15,19H,5-11H2,1-4H3. The summed E-state index contributed by atoms with van der Waals surface area (Å²) in [5.74, 6) is 0.397. The first-order chi connectivity index (χ1) is 11.6. The molecule has 0 aromatic heterocycles. The normalized spacial score (nSPS) is 38.4. The van der Waals surface area contributed by atoms with Crippen LogP contribution in [0.3, 0.4) is 0 Å². The third-order valence-corrected chi connectivity index (χ3v) is 10.1. The van der Waals surface area contributed by atoms with E-state index in [1.165, 1.54) is 0 Å². The summed E-state index contributed by atoms with van der Waals surface area (Å²) in [7, 11) is -1.88. The van der Waals surface area contributed by atoms with E-state index >= 15 is 0 Å². The summed E-state index contributed by atoms with van der Waals surface area (Å²) in [5.41, 5.74) is -0.932. The largest absolute Gasteiger partial charge is 0.379 e. The lowest BCUT2D eigenvalue weighted by molar-refractivity contribution is -0.128. The molecule has 25 heavy (non-hydrogen) atoms. The first-order valence-corrected chi connectivity index (χ1v) is 11.9. The predicted octanol–water partition coefficient (Wildman–Crippen LogP) is 2.60. The van der Waals surface area contributed by atoms with Crippen molar-refractivity contribution >= 4 is 27.6 Å². The highest BCUT2D eigenvalue weighted by Gasteiger charge is 2.65. The minimum absolute atomic E-state index is 0.0764. The van der Waals surface area contributed by atoms with Crippen LogP contribution in [0.4, 0.5) is 0 Å². The number of hydrogen-bond acceptors (Lipinski definition) is 5. The van der Waals surface area contributed by atoms with Gasteiger partial charge in [0.1, 0.15) is 5.78 Å². The van der Waals surface area contributed by atoms with Gasteiger partial charge in [0.2, 0.25) is 10.0 Å². The summed E-state index contributed by atoms with van der Waals surface area (Å²) in [6, 6.07) is 0. The number of Topliss-reactive ketones (excluding diaryl/α,β-unsaturated/α-hetero) is 1. The first kappa shape index (κ1) is 19.6. The van der Waals surface area contributed by atoms with E-state index in [9.17, 15) is 13.2 Å². The average Bonchev–Trinajstić information content (AvgIpc) is 3.09. The number of ketones is 1. The van der Waals surface area contributed by atoms with Crippen molar-refractivity contribution in [3.63, 3.8) is 0 Å². The molecule has 1 heterocycles. The zero-order valence-electron chi connectivity index (χ0n) is 15.7. The molecule has 7 heteroatoms. The molecular weight excluding hydrogens is 358 g/mol. The van der Waals surface area contributed by atoms with Crippen LogP contribution in [0, 0.1) is 16.7 Å². The van der Waals surface area contributed by atoms with Gasteiger partial charge in [-0.25, -0.2) is 13.1 Å². The molecule has 0 amide bonds. The Morgan fingerprint density at radius 2 is 2.04 bits per heavy atom. The highest BCUT2D eigenvalue weighted by atomic mass is 32.2. The van der Waals surface area contributed by atoms with E-state index in [-0.39, 0.29) is 29.6 Å². The molecule has 0 aromatic rings. The van der Waals surface area contributed by atoms with Crippen LogP contribution < -0.4 is 4.72 Å². The van der Waals surface area contributed by atoms with Crippen molar-refractivity contribution in [2.75, 3.05) is 19.4 Å². The molecule has 5 nitrogen and oxygen atoms in total. The summed E-state index contributed by atoms with van der Waals surface area (Å²) in [6.07, 6.45) is 4.29. The van der Waals surface area contributed by atoms with Crippen LogP contribution >= 0.6 is 11.8 Å². The molecule has 0 radical (unpaired) electrons. The first-order valence-electron chi connectivity index (χ1n) is 9.30. The number of methoxy groups -OCH3 is 1. The molecule has 2 saturated carbocycles. The van der Waals surface area contributed by atoms with Crippen molar-refractivity contribution in [3.05, 3.63) is 0 Å². The summed E-state index contributed by atoms with van der Waals surface area (Å²) in [4.78, 5) is 12.6. The fourth-order valence-electron chi connectivity index (χ4n) is 5.17. The summed E-state index contributed by atoms with van der Waals surface area (Å²) in [6.45, 7) is 6.63. The Morgan fingerprint density at radius 3 is 2.52 bits per heavy atom. The third-order valence-electron chi connectivity index (χ3n) is 7.06. The fourth-order valence-corrected chi connectivity index (χ4v) is 8.54. The molecule has 3 fully saturated rings. The molecule has 144 valence electrons. The number of carbonyl (C=O) groups is 1.